The van der Waals surface area contributed by atoms with Crippen molar-refractivity contribution in [3.05, 3.63) is 28.8 Å². The Bertz CT molecular complexity index is 521. The number of halogens is 1. The van der Waals surface area contributed by atoms with Gasteiger partial charge in [-0.05, 0) is 24.6 Å². The van der Waals surface area contributed by atoms with Crippen molar-refractivity contribution in [2.24, 2.45) is 11.7 Å². The fourth-order valence-corrected chi connectivity index (χ4v) is 2.76. The van der Waals surface area contributed by atoms with Gasteiger partial charge in [0.1, 0.15) is 4.99 Å². The van der Waals surface area contributed by atoms with E-state index in [1.165, 1.54) is 7.11 Å². The maximum absolute atomic E-state index is 11.5. The average Bonchev–Trinajstić information content (AvgIpc) is 2.86. The molecule has 1 fully saturated rings. The molecule has 1 aliphatic heterocycles. The highest BCUT2D eigenvalue weighted by Crippen LogP contribution is 2.28. The van der Waals surface area contributed by atoms with Crippen LogP contribution in [0.5, 0.6) is 0 Å². The molecule has 0 bridgehead atoms. The quantitative estimate of drug-likeness (QED) is 0.683. The van der Waals surface area contributed by atoms with Crippen molar-refractivity contribution in [2.75, 3.05) is 25.1 Å². The Morgan fingerprint density at radius 1 is 1.58 bits per heavy atom. The van der Waals surface area contributed by atoms with E-state index in [4.69, 9.17) is 34.3 Å². The number of hydrogen-bond donors (Lipinski definition) is 1. The zero-order valence-corrected chi connectivity index (χ0v) is 12.1. The molecule has 2 N–H and O–H groups in total. The largest absolute Gasteiger partial charge is 0.469 e. The van der Waals surface area contributed by atoms with Crippen molar-refractivity contribution in [2.45, 2.75) is 6.42 Å². The van der Waals surface area contributed by atoms with Crippen LogP contribution in [0.2, 0.25) is 5.02 Å². The Balaban J connectivity index is 2.14. The Labute approximate surface area is 122 Å². The molecule has 0 aromatic heterocycles. The number of anilines is 1. The minimum absolute atomic E-state index is 0.0703. The predicted octanol–water partition coefficient (Wildman–Crippen LogP) is 1.97. The van der Waals surface area contributed by atoms with Gasteiger partial charge in [0.25, 0.3) is 0 Å². The standard InChI is InChI=1S/C13H15ClN2O2S/c1-18-13(17)8-4-5-16(7-8)9-2-3-10(12(15)19)11(14)6-9/h2-3,6,8H,4-5,7H2,1H3,(H2,15,19). The third kappa shape index (κ3) is 2.98. The number of benzene rings is 1. The van der Waals surface area contributed by atoms with Gasteiger partial charge in [-0.1, -0.05) is 23.8 Å². The first-order valence-electron chi connectivity index (χ1n) is 5.95. The maximum Gasteiger partial charge on any atom is 0.310 e. The van der Waals surface area contributed by atoms with Crippen LogP contribution >= 0.6 is 23.8 Å². The van der Waals surface area contributed by atoms with Gasteiger partial charge in [0.05, 0.1) is 18.1 Å². The first-order valence-corrected chi connectivity index (χ1v) is 6.73. The SMILES string of the molecule is COC(=O)C1CCN(c2ccc(C(N)=S)c(Cl)c2)C1. The van der Waals surface area contributed by atoms with E-state index in [2.05, 4.69) is 4.90 Å². The van der Waals surface area contributed by atoms with Gasteiger partial charge in [-0.25, -0.2) is 0 Å². The van der Waals surface area contributed by atoms with Gasteiger partial charge in [0.2, 0.25) is 0 Å². The third-order valence-electron chi connectivity index (χ3n) is 3.31. The number of hydrogen-bond acceptors (Lipinski definition) is 4. The molecule has 1 aromatic rings. The summed E-state index contributed by atoms with van der Waals surface area (Å²) in [6, 6.07) is 5.56. The molecule has 2 rings (SSSR count). The van der Waals surface area contributed by atoms with Crippen LogP contribution in [0.4, 0.5) is 5.69 Å². The van der Waals surface area contributed by atoms with E-state index in [1.807, 2.05) is 18.2 Å². The minimum Gasteiger partial charge on any atom is -0.469 e. The van der Waals surface area contributed by atoms with Crippen LogP contribution in [-0.2, 0) is 9.53 Å². The van der Waals surface area contributed by atoms with Crippen LogP contribution in [0.15, 0.2) is 18.2 Å². The second kappa shape index (κ2) is 5.75. The molecule has 6 heteroatoms. The fraction of sp³-hybridized carbons (Fsp3) is 0.385. The molecule has 1 saturated heterocycles. The lowest BCUT2D eigenvalue weighted by molar-refractivity contribution is -0.144. The fourth-order valence-electron chi connectivity index (χ4n) is 2.25. The summed E-state index contributed by atoms with van der Waals surface area (Å²) in [6.45, 7) is 1.46. The summed E-state index contributed by atoms with van der Waals surface area (Å²) in [7, 11) is 1.42. The summed E-state index contributed by atoms with van der Waals surface area (Å²) in [5.74, 6) is -0.229. The number of ether oxygens (including phenoxy) is 1. The number of thiocarbonyl (C=S) groups is 1. The van der Waals surface area contributed by atoms with E-state index in [-0.39, 0.29) is 16.9 Å². The van der Waals surface area contributed by atoms with E-state index < -0.39 is 0 Å². The summed E-state index contributed by atoms with van der Waals surface area (Å²) in [5, 5.41) is 0.534. The Morgan fingerprint density at radius 3 is 2.89 bits per heavy atom. The van der Waals surface area contributed by atoms with Crippen LogP contribution < -0.4 is 10.6 Å². The Kier molecular flexibility index (Phi) is 4.27. The molecule has 0 aliphatic carbocycles. The molecule has 1 heterocycles. The van der Waals surface area contributed by atoms with E-state index in [0.717, 1.165) is 18.7 Å². The van der Waals surface area contributed by atoms with Crippen LogP contribution in [0, 0.1) is 5.92 Å². The summed E-state index contributed by atoms with van der Waals surface area (Å²) < 4.78 is 4.77. The molecule has 0 spiro atoms. The number of carbonyl (C=O) groups is 1. The lowest BCUT2D eigenvalue weighted by Gasteiger charge is -2.19. The van der Waals surface area contributed by atoms with E-state index >= 15 is 0 Å². The molecular weight excluding hydrogens is 284 g/mol. The normalized spacial score (nSPS) is 18.4. The highest BCUT2D eigenvalue weighted by atomic mass is 35.5. The number of rotatable bonds is 3. The number of esters is 1. The van der Waals surface area contributed by atoms with E-state index in [9.17, 15) is 4.79 Å². The Hall–Kier alpha value is -1.33. The van der Waals surface area contributed by atoms with Crippen LogP contribution in [0.3, 0.4) is 0 Å². The minimum atomic E-state index is -0.159. The average molecular weight is 299 g/mol. The smallest absolute Gasteiger partial charge is 0.310 e. The number of nitrogens with two attached hydrogens (primary N) is 1. The molecule has 0 amide bonds. The monoisotopic (exact) mass is 298 g/mol. The lowest BCUT2D eigenvalue weighted by Crippen LogP contribution is -2.23. The molecule has 1 unspecified atom stereocenters. The Morgan fingerprint density at radius 2 is 2.32 bits per heavy atom. The first kappa shape index (κ1) is 14.1. The van der Waals surface area contributed by atoms with Crippen molar-refractivity contribution in [1.82, 2.24) is 0 Å². The van der Waals surface area contributed by atoms with Crippen molar-refractivity contribution >= 4 is 40.5 Å². The lowest BCUT2D eigenvalue weighted by atomic mass is 10.1. The van der Waals surface area contributed by atoms with Gasteiger partial charge in [-0.15, -0.1) is 0 Å². The predicted molar refractivity (Wildman–Crippen MR) is 79.7 cm³/mol. The van der Waals surface area contributed by atoms with Crippen molar-refractivity contribution in [3.63, 3.8) is 0 Å². The third-order valence-corrected chi connectivity index (χ3v) is 3.84. The summed E-state index contributed by atoms with van der Waals surface area (Å²) in [4.78, 5) is 13.9. The summed E-state index contributed by atoms with van der Waals surface area (Å²) >= 11 is 11.1. The first-order chi connectivity index (χ1) is 9.02. The number of nitrogens with zero attached hydrogens (tertiary/aromatic N) is 1. The van der Waals surface area contributed by atoms with E-state index in [0.29, 0.717) is 17.1 Å². The molecular formula is C13H15ClN2O2S. The zero-order chi connectivity index (χ0) is 14.0. The van der Waals surface area contributed by atoms with E-state index in [1.54, 1.807) is 0 Å². The van der Waals surface area contributed by atoms with Gasteiger partial charge in [-0.3, -0.25) is 4.79 Å². The highest BCUT2D eigenvalue weighted by Gasteiger charge is 2.29. The van der Waals surface area contributed by atoms with Crippen molar-refractivity contribution in [1.29, 1.82) is 0 Å². The molecule has 1 atom stereocenters. The van der Waals surface area contributed by atoms with Gasteiger partial charge >= 0.3 is 5.97 Å². The topological polar surface area (TPSA) is 55.6 Å². The maximum atomic E-state index is 11.5. The van der Waals surface area contributed by atoms with Gasteiger partial charge < -0.3 is 15.4 Å². The second-order valence-electron chi connectivity index (χ2n) is 4.48. The van der Waals surface area contributed by atoms with Gasteiger partial charge in [-0.2, -0.15) is 0 Å². The summed E-state index contributed by atoms with van der Waals surface area (Å²) in [5.41, 5.74) is 7.21. The number of carbonyl (C=O) groups excluding carboxylic acids is 1. The molecule has 0 saturated carbocycles. The van der Waals surface area contributed by atoms with Crippen LogP contribution in [0.1, 0.15) is 12.0 Å². The molecule has 102 valence electrons. The van der Waals surface area contributed by atoms with Gasteiger partial charge in [0, 0.05) is 24.3 Å². The highest BCUT2D eigenvalue weighted by molar-refractivity contribution is 7.80. The van der Waals surface area contributed by atoms with Crippen LogP contribution in [-0.4, -0.2) is 31.2 Å². The summed E-state index contributed by atoms with van der Waals surface area (Å²) in [6.07, 6.45) is 0.793. The molecule has 1 aliphatic rings. The molecule has 1 aromatic carbocycles. The molecule has 4 nitrogen and oxygen atoms in total. The van der Waals surface area contributed by atoms with Crippen LogP contribution in [0.25, 0.3) is 0 Å². The molecule has 19 heavy (non-hydrogen) atoms. The zero-order valence-electron chi connectivity index (χ0n) is 10.6. The van der Waals surface area contributed by atoms with Crippen molar-refractivity contribution in [3.8, 4) is 0 Å². The molecule has 0 radical (unpaired) electrons. The number of methoxy groups -OCH3 is 1. The second-order valence-corrected chi connectivity index (χ2v) is 5.33. The van der Waals surface area contributed by atoms with Crippen molar-refractivity contribution < 1.29 is 9.53 Å². The van der Waals surface area contributed by atoms with Gasteiger partial charge in [0.15, 0.2) is 0 Å².